The van der Waals surface area contributed by atoms with Gasteiger partial charge in [-0.05, 0) is 31.2 Å². The maximum absolute atomic E-state index is 6.01. The lowest BCUT2D eigenvalue weighted by Crippen LogP contribution is -2.14. The molecular weight excluding hydrogens is 260 g/mol. The van der Waals surface area contributed by atoms with Crippen LogP contribution < -0.4 is 11.1 Å². The van der Waals surface area contributed by atoms with E-state index in [9.17, 15) is 0 Å². The molecule has 3 rings (SSSR count). The Kier molecular flexibility index (Phi) is 3.78. The summed E-state index contributed by atoms with van der Waals surface area (Å²) >= 11 is 0. The van der Waals surface area contributed by atoms with Crippen molar-refractivity contribution in [2.45, 2.75) is 38.5 Å². The maximum Gasteiger partial charge on any atom is 0.136 e. The summed E-state index contributed by atoms with van der Waals surface area (Å²) in [6.07, 6.45) is 2.37. The molecule has 110 valence electrons. The topological polar surface area (TPSA) is 63.8 Å². The molecule has 1 saturated carbocycles. The molecular formula is C17H22N4. The van der Waals surface area contributed by atoms with E-state index in [1.165, 1.54) is 18.4 Å². The summed E-state index contributed by atoms with van der Waals surface area (Å²) in [5.41, 5.74) is 8.28. The number of nitrogens with one attached hydrogen (secondary N) is 1. The zero-order valence-electron chi connectivity index (χ0n) is 12.6. The van der Waals surface area contributed by atoms with Crippen molar-refractivity contribution in [2.24, 2.45) is 0 Å². The van der Waals surface area contributed by atoms with Crippen LogP contribution in [-0.2, 0) is 0 Å². The van der Waals surface area contributed by atoms with E-state index in [-0.39, 0.29) is 0 Å². The van der Waals surface area contributed by atoms with Crippen LogP contribution >= 0.6 is 0 Å². The van der Waals surface area contributed by atoms with Gasteiger partial charge in [0.1, 0.15) is 17.5 Å². The van der Waals surface area contributed by atoms with Crippen molar-refractivity contribution in [3.05, 3.63) is 47.3 Å². The van der Waals surface area contributed by atoms with Crippen LogP contribution in [-0.4, -0.2) is 16.5 Å². The Labute approximate surface area is 125 Å². The van der Waals surface area contributed by atoms with Gasteiger partial charge in [0.05, 0.1) is 0 Å². The van der Waals surface area contributed by atoms with Gasteiger partial charge in [-0.2, -0.15) is 0 Å². The third-order valence-electron chi connectivity index (χ3n) is 4.09. The molecule has 1 aliphatic carbocycles. The molecule has 0 bridgehead atoms. The van der Waals surface area contributed by atoms with E-state index in [0.29, 0.717) is 17.7 Å². The van der Waals surface area contributed by atoms with Crippen LogP contribution in [0.1, 0.15) is 48.6 Å². The molecule has 1 unspecified atom stereocenters. The van der Waals surface area contributed by atoms with Gasteiger partial charge in [0.15, 0.2) is 0 Å². The molecule has 2 aromatic rings. The van der Waals surface area contributed by atoms with E-state index in [2.05, 4.69) is 46.5 Å². The molecule has 1 fully saturated rings. The van der Waals surface area contributed by atoms with E-state index in [0.717, 1.165) is 23.8 Å². The molecule has 1 aromatic carbocycles. The monoisotopic (exact) mass is 282 g/mol. The largest absolute Gasteiger partial charge is 0.383 e. The number of nitrogens with two attached hydrogens (primary N) is 1. The fourth-order valence-corrected chi connectivity index (χ4v) is 2.40. The summed E-state index contributed by atoms with van der Waals surface area (Å²) in [5, 5.41) is 3.44. The molecule has 1 aliphatic rings. The van der Waals surface area contributed by atoms with Crippen molar-refractivity contribution in [1.82, 2.24) is 9.97 Å². The van der Waals surface area contributed by atoms with Crippen molar-refractivity contribution in [3.63, 3.8) is 0 Å². The fraction of sp³-hybridized carbons (Fsp3) is 0.412. The van der Waals surface area contributed by atoms with Crippen LogP contribution in [0.15, 0.2) is 30.3 Å². The Bertz CT molecular complexity index is 620. The van der Waals surface area contributed by atoms with Crippen LogP contribution in [0.2, 0.25) is 0 Å². The SMILES string of the molecule is Cc1c(N)nc(C2CC2)nc1NCC(C)c1ccccc1. The second kappa shape index (κ2) is 5.72. The number of benzene rings is 1. The van der Waals surface area contributed by atoms with Crippen LogP contribution in [0.4, 0.5) is 11.6 Å². The second-order valence-corrected chi connectivity index (χ2v) is 5.91. The zero-order valence-corrected chi connectivity index (χ0v) is 12.6. The highest BCUT2D eigenvalue weighted by Crippen LogP contribution is 2.39. The smallest absolute Gasteiger partial charge is 0.136 e. The van der Waals surface area contributed by atoms with Gasteiger partial charge in [-0.1, -0.05) is 37.3 Å². The van der Waals surface area contributed by atoms with E-state index in [1.807, 2.05) is 13.0 Å². The lowest BCUT2D eigenvalue weighted by molar-refractivity contribution is 0.796. The Hall–Kier alpha value is -2.10. The number of rotatable bonds is 5. The van der Waals surface area contributed by atoms with Gasteiger partial charge in [-0.3, -0.25) is 0 Å². The van der Waals surface area contributed by atoms with Crippen LogP contribution in [0.5, 0.6) is 0 Å². The molecule has 0 amide bonds. The number of anilines is 2. The first-order valence-corrected chi connectivity index (χ1v) is 7.58. The lowest BCUT2D eigenvalue weighted by atomic mass is 10.0. The van der Waals surface area contributed by atoms with Gasteiger partial charge in [-0.25, -0.2) is 9.97 Å². The third-order valence-corrected chi connectivity index (χ3v) is 4.09. The van der Waals surface area contributed by atoms with Gasteiger partial charge < -0.3 is 11.1 Å². The van der Waals surface area contributed by atoms with E-state index < -0.39 is 0 Å². The summed E-state index contributed by atoms with van der Waals surface area (Å²) in [5.74, 6) is 3.31. The molecule has 0 spiro atoms. The molecule has 3 N–H and O–H groups in total. The van der Waals surface area contributed by atoms with Crippen LogP contribution in [0.3, 0.4) is 0 Å². The van der Waals surface area contributed by atoms with Crippen molar-refractivity contribution >= 4 is 11.6 Å². The van der Waals surface area contributed by atoms with Gasteiger partial charge in [0, 0.05) is 18.0 Å². The zero-order chi connectivity index (χ0) is 14.8. The van der Waals surface area contributed by atoms with E-state index >= 15 is 0 Å². The van der Waals surface area contributed by atoms with Gasteiger partial charge in [0.2, 0.25) is 0 Å². The minimum atomic E-state index is 0.422. The highest BCUT2D eigenvalue weighted by Gasteiger charge is 2.27. The Morgan fingerprint density at radius 2 is 1.95 bits per heavy atom. The molecule has 1 heterocycles. The summed E-state index contributed by atoms with van der Waals surface area (Å²) < 4.78 is 0. The maximum atomic E-state index is 6.01. The summed E-state index contributed by atoms with van der Waals surface area (Å²) in [6.45, 7) is 5.02. The Morgan fingerprint density at radius 3 is 2.62 bits per heavy atom. The average molecular weight is 282 g/mol. The summed E-state index contributed by atoms with van der Waals surface area (Å²) in [7, 11) is 0. The first-order chi connectivity index (χ1) is 10.1. The Balaban J connectivity index is 1.72. The van der Waals surface area contributed by atoms with E-state index in [1.54, 1.807) is 0 Å². The predicted molar refractivity (Wildman–Crippen MR) is 86.5 cm³/mol. The average Bonchev–Trinajstić information content (AvgIpc) is 3.34. The Morgan fingerprint density at radius 1 is 1.24 bits per heavy atom. The van der Waals surface area contributed by atoms with Crippen molar-refractivity contribution < 1.29 is 0 Å². The number of nitrogen functional groups attached to an aromatic ring is 1. The molecule has 1 atom stereocenters. The standard InChI is InChI=1S/C17H22N4/c1-11(13-6-4-3-5-7-13)10-19-16-12(2)15(18)20-17(21-16)14-8-9-14/h3-7,11,14H,8-10H2,1-2H3,(H3,18,19,20,21). The van der Waals surface area contributed by atoms with Crippen molar-refractivity contribution in [3.8, 4) is 0 Å². The summed E-state index contributed by atoms with van der Waals surface area (Å²) in [4.78, 5) is 9.07. The predicted octanol–water partition coefficient (Wildman–Crippen LogP) is 3.46. The van der Waals surface area contributed by atoms with Gasteiger partial charge in [0.25, 0.3) is 0 Å². The number of aromatic nitrogens is 2. The first kappa shape index (κ1) is 13.9. The number of hydrogen-bond donors (Lipinski definition) is 2. The van der Waals surface area contributed by atoms with Crippen molar-refractivity contribution in [1.29, 1.82) is 0 Å². The molecule has 0 saturated heterocycles. The molecule has 21 heavy (non-hydrogen) atoms. The fourth-order valence-electron chi connectivity index (χ4n) is 2.40. The minimum absolute atomic E-state index is 0.422. The lowest BCUT2D eigenvalue weighted by Gasteiger charge is -2.16. The molecule has 0 radical (unpaired) electrons. The van der Waals surface area contributed by atoms with Crippen LogP contribution in [0.25, 0.3) is 0 Å². The minimum Gasteiger partial charge on any atom is -0.383 e. The van der Waals surface area contributed by atoms with E-state index in [4.69, 9.17) is 5.73 Å². The molecule has 4 heteroatoms. The molecule has 1 aromatic heterocycles. The highest BCUT2D eigenvalue weighted by atomic mass is 15.1. The van der Waals surface area contributed by atoms with Crippen molar-refractivity contribution in [2.75, 3.05) is 17.6 Å². The normalized spacial score (nSPS) is 15.7. The third kappa shape index (κ3) is 3.15. The van der Waals surface area contributed by atoms with Gasteiger partial charge in [-0.15, -0.1) is 0 Å². The second-order valence-electron chi connectivity index (χ2n) is 5.91. The highest BCUT2D eigenvalue weighted by molar-refractivity contribution is 5.55. The summed E-state index contributed by atoms with van der Waals surface area (Å²) in [6, 6.07) is 10.5. The number of nitrogens with zero attached hydrogens (tertiary/aromatic N) is 2. The molecule has 0 aliphatic heterocycles. The number of hydrogen-bond acceptors (Lipinski definition) is 4. The first-order valence-electron chi connectivity index (χ1n) is 7.58. The quantitative estimate of drug-likeness (QED) is 0.881. The van der Waals surface area contributed by atoms with Crippen LogP contribution in [0, 0.1) is 6.92 Å². The van der Waals surface area contributed by atoms with Gasteiger partial charge >= 0.3 is 0 Å². The molecule has 4 nitrogen and oxygen atoms in total.